The molecule has 0 aromatic carbocycles. The van der Waals surface area contributed by atoms with Gasteiger partial charge in [-0.1, -0.05) is 27.7 Å². The molecule has 0 saturated heterocycles. The second-order valence-electron chi connectivity index (χ2n) is 6.22. The minimum Gasteiger partial charge on any atom is -0.374 e. The van der Waals surface area contributed by atoms with Gasteiger partial charge in [0.2, 0.25) is 0 Å². The van der Waals surface area contributed by atoms with Crippen LogP contribution < -0.4 is 0 Å². The Kier molecular flexibility index (Phi) is 11.6. The van der Waals surface area contributed by atoms with E-state index in [0.29, 0.717) is 6.23 Å². The van der Waals surface area contributed by atoms with Gasteiger partial charge < -0.3 is 18.0 Å². The van der Waals surface area contributed by atoms with E-state index in [0.717, 1.165) is 25.7 Å². The quantitative estimate of drug-likeness (QED) is 0.456. The van der Waals surface area contributed by atoms with E-state index in [1.165, 1.54) is 0 Å². The molecule has 22 heavy (non-hydrogen) atoms. The van der Waals surface area contributed by atoms with Crippen molar-refractivity contribution >= 4 is 8.80 Å². The Morgan fingerprint density at radius 2 is 0.909 bits per heavy atom. The van der Waals surface area contributed by atoms with Crippen molar-refractivity contribution in [2.45, 2.75) is 105 Å². The van der Waals surface area contributed by atoms with Crippen molar-refractivity contribution in [3.05, 3.63) is 0 Å². The Balaban J connectivity index is 5.17. The van der Waals surface area contributed by atoms with Gasteiger partial charge in [-0.2, -0.15) is 0 Å². The lowest BCUT2D eigenvalue weighted by atomic mass is 10.3. The topological polar surface area (TPSA) is 36.9 Å². The van der Waals surface area contributed by atoms with E-state index in [2.05, 4.69) is 55.4 Å². The van der Waals surface area contributed by atoms with Crippen LogP contribution in [0.15, 0.2) is 0 Å². The van der Waals surface area contributed by atoms with Gasteiger partial charge in [0.1, 0.15) is 6.23 Å². The maximum Gasteiger partial charge on any atom is 0.528 e. The van der Waals surface area contributed by atoms with Crippen molar-refractivity contribution in [2.24, 2.45) is 0 Å². The summed E-state index contributed by atoms with van der Waals surface area (Å²) in [7, 11) is -2.85. The Morgan fingerprint density at radius 3 is 1.18 bits per heavy atom. The molecule has 0 fully saturated rings. The van der Waals surface area contributed by atoms with Gasteiger partial charge in [-0.15, -0.1) is 0 Å². The lowest BCUT2D eigenvalue weighted by molar-refractivity contribution is -0.0431. The Labute approximate surface area is 139 Å². The molecule has 0 rings (SSSR count). The largest absolute Gasteiger partial charge is 0.528 e. The van der Waals surface area contributed by atoms with E-state index in [1.54, 1.807) is 0 Å². The first kappa shape index (κ1) is 22.1. The summed E-state index contributed by atoms with van der Waals surface area (Å²) >= 11 is 0. The SMILES string of the molecule is CCC(C)OC[Si](OC(C)CC)(OC(C)CC)OC(C)CC. The molecule has 0 radical (unpaired) electrons. The normalized spacial score (nSPS) is 20.2. The summed E-state index contributed by atoms with van der Waals surface area (Å²) in [5.74, 6) is 0. The van der Waals surface area contributed by atoms with E-state index >= 15 is 0 Å². The van der Waals surface area contributed by atoms with Crippen molar-refractivity contribution in [1.82, 2.24) is 0 Å². The van der Waals surface area contributed by atoms with Crippen LogP contribution >= 0.6 is 0 Å². The molecule has 0 heterocycles. The zero-order chi connectivity index (χ0) is 17.2. The van der Waals surface area contributed by atoms with Crippen molar-refractivity contribution in [3.8, 4) is 0 Å². The van der Waals surface area contributed by atoms with Crippen LogP contribution in [0.5, 0.6) is 0 Å². The van der Waals surface area contributed by atoms with Gasteiger partial charge in [0, 0.05) is 18.3 Å². The molecule has 0 aliphatic heterocycles. The van der Waals surface area contributed by atoms with E-state index in [4.69, 9.17) is 18.0 Å². The molecule has 0 N–H and O–H groups in total. The lowest BCUT2D eigenvalue weighted by Crippen LogP contribution is -2.56. The van der Waals surface area contributed by atoms with Crippen LogP contribution in [0, 0.1) is 0 Å². The predicted molar refractivity (Wildman–Crippen MR) is 94.0 cm³/mol. The van der Waals surface area contributed by atoms with E-state index in [-0.39, 0.29) is 24.4 Å². The first-order chi connectivity index (χ1) is 10.3. The van der Waals surface area contributed by atoms with Crippen molar-refractivity contribution in [2.75, 3.05) is 6.23 Å². The first-order valence-electron chi connectivity index (χ1n) is 8.97. The van der Waals surface area contributed by atoms with Gasteiger partial charge in [0.05, 0.1) is 6.10 Å². The van der Waals surface area contributed by atoms with Crippen molar-refractivity contribution < 1.29 is 18.0 Å². The van der Waals surface area contributed by atoms with Gasteiger partial charge >= 0.3 is 8.80 Å². The summed E-state index contributed by atoms with van der Waals surface area (Å²) in [6, 6.07) is 0. The Hall–Kier alpha value is 0.0569. The minimum absolute atomic E-state index is 0.111. The predicted octanol–water partition coefficient (Wildman–Crippen LogP) is 4.72. The smallest absolute Gasteiger partial charge is 0.374 e. The summed E-state index contributed by atoms with van der Waals surface area (Å²) in [4.78, 5) is 0. The molecule has 0 spiro atoms. The second-order valence-corrected chi connectivity index (χ2v) is 8.58. The standard InChI is InChI=1S/C17H38O4Si/c1-9-14(5)18-13-22(19-15(6)10-2,20-16(7)11-3)21-17(8)12-4/h14-17H,9-13H2,1-8H3. The molecule has 0 amide bonds. The molecule has 0 aromatic rings. The molecule has 134 valence electrons. The zero-order valence-corrected chi connectivity index (χ0v) is 17.0. The number of hydrogen-bond donors (Lipinski definition) is 0. The second kappa shape index (κ2) is 11.6. The molecule has 0 saturated carbocycles. The number of hydrogen-bond acceptors (Lipinski definition) is 4. The van der Waals surface area contributed by atoms with Crippen LogP contribution in [0.4, 0.5) is 0 Å². The lowest BCUT2D eigenvalue weighted by Gasteiger charge is -2.36. The van der Waals surface area contributed by atoms with Crippen LogP contribution in [0.1, 0.15) is 81.1 Å². The average Bonchev–Trinajstić information content (AvgIpc) is 2.51. The Morgan fingerprint density at radius 1 is 0.591 bits per heavy atom. The van der Waals surface area contributed by atoms with Gasteiger partial charge in [-0.25, -0.2) is 0 Å². The van der Waals surface area contributed by atoms with Gasteiger partial charge in [0.25, 0.3) is 0 Å². The third-order valence-electron chi connectivity index (χ3n) is 3.99. The first-order valence-corrected chi connectivity index (χ1v) is 10.9. The summed E-state index contributed by atoms with van der Waals surface area (Å²) in [6.45, 7) is 16.8. The maximum atomic E-state index is 6.30. The molecule has 0 bridgehead atoms. The molecule has 0 aliphatic carbocycles. The van der Waals surface area contributed by atoms with Crippen LogP contribution in [-0.2, 0) is 18.0 Å². The van der Waals surface area contributed by atoms with Gasteiger partial charge in [-0.3, -0.25) is 0 Å². The van der Waals surface area contributed by atoms with Crippen molar-refractivity contribution in [3.63, 3.8) is 0 Å². The van der Waals surface area contributed by atoms with Gasteiger partial charge in [-0.05, 0) is 53.4 Å². The highest BCUT2D eigenvalue weighted by molar-refractivity contribution is 6.60. The highest BCUT2D eigenvalue weighted by Crippen LogP contribution is 2.22. The third kappa shape index (κ3) is 8.63. The highest BCUT2D eigenvalue weighted by Gasteiger charge is 2.46. The van der Waals surface area contributed by atoms with Crippen LogP contribution in [0.25, 0.3) is 0 Å². The van der Waals surface area contributed by atoms with Gasteiger partial charge in [0.15, 0.2) is 0 Å². The van der Waals surface area contributed by atoms with Crippen LogP contribution in [-0.4, -0.2) is 39.5 Å². The van der Waals surface area contributed by atoms with E-state index in [1.807, 2.05) is 0 Å². The molecular weight excluding hydrogens is 296 g/mol. The zero-order valence-electron chi connectivity index (χ0n) is 16.0. The summed E-state index contributed by atoms with van der Waals surface area (Å²) in [5, 5.41) is 0. The number of ether oxygens (including phenoxy) is 1. The summed E-state index contributed by atoms with van der Waals surface area (Å²) in [6.07, 6.45) is 4.74. The molecule has 5 heteroatoms. The molecule has 0 aromatic heterocycles. The third-order valence-corrected chi connectivity index (χ3v) is 6.79. The maximum absolute atomic E-state index is 6.30. The summed E-state index contributed by atoms with van der Waals surface area (Å²) < 4.78 is 24.9. The molecule has 0 aliphatic rings. The van der Waals surface area contributed by atoms with Crippen LogP contribution in [0.3, 0.4) is 0 Å². The molecule has 4 nitrogen and oxygen atoms in total. The Bertz CT molecular complexity index is 244. The monoisotopic (exact) mass is 334 g/mol. The summed E-state index contributed by atoms with van der Waals surface area (Å²) in [5.41, 5.74) is 0. The van der Waals surface area contributed by atoms with E-state index in [9.17, 15) is 0 Å². The fourth-order valence-electron chi connectivity index (χ4n) is 1.72. The number of rotatable bonds is 13. The fourth-order valence-corrected chi connectivity index (χ4v) is 4.92. The highest BCUT2D eigenvalue weighted by atomic mass is 28.4. The van der Waals surface area contributed by atoms with E-state index < -0.39 is 8.80 Å². The van der Waals surface area contributed by atoms with Crippen molar-refractivity contribution in [1.29, 1.82) is 0 Å². The molecule has 4 atom stereocenters. The molecule has 4 unspecified atom stereocenters. The molecular formula is C17H38O4Si. The fraction of sp³-hybridized carbons (Fsp3) is 1.00. The minimum atomic E-state index is -2.85. The average molecular weight is 335 g/mol. The van der Waals surface area contributed by atoms with Crippen LogP contribution in [0.2, 0.25) is 0 Å².